The van der Waals surface area contributed by atoms with Gasteiger partial charge in [-0.2, -0.15) is 0 Å². The van der Waals surface area contributed by atoms with E-state index in [1.807, 2.05) is 35.2 Å². The zero-order valence-electron chi connectivity index (χ0n) is 20.9. The van der Waals surface area contributed by atoms with Gasteiger partial charge in [0.1, 0.15) is 17.2 Å². The van der Waals surface area contributed by atoms with Gasteiger partial charge in [0.15, 0.2) is 11.1 Å². The van der Waals surface area contributed by atoms with Crippen molar-refractivity contribution in [2.45, 2.75) is 0 Å². The zero-order chi connectivity index (χ0) is 26.4. The van der Waals surface area contributed by atoms with E-state index in [1.165, 1.54) is 6.26 Å². The largest absolute Gasteiger partial charge is 0.497 e. The molecular weight excluding hydrogens is 494 g/mol. The minimum absolute atomic E-state index is 0.228. The van der Waals surface area contributed by atoms with Crippen molar-refractivity contribution in [2.75, 3.05) is 45.6 Å². The molecule has 1 amide bonds. The quantitative estimate of drug-likeness (QED) is 0.335. The maximum Gasteiger partial charge on any atom is 0.269 e. The highest BCUT2D eigenvalue weighted by Gasteiger charge is 2.15. The molecule has 192 valence electrons. The Morgan fingerprint density at radius 1 is 0.973 bits per heavy atom. The summed E-state index contributed by atoms with van der Waals surface area (Å²) in [5, 5.41) is 2.57. The number of carbonyl (C=O) groups is 1. The summed E-state index contributed by atoms with van der Waals surface area (Å²) in [5.41, 5.74) is 4.62. The lowest BCUT2D eigenvalue weighted by Gasteiger charge is -2.26. The fraction of sp³-hybridized carbons (Fsp3) is 0.231. The van der Waals surface area contributed by atoms with Crippen molar-refractivity contribution in [3.05, 3.63) is 66.6 Å². The molecule has 11 heteroatoms. The molecule has 2 aromatic heterocycles. The predicted molar refractivity (Wildman–Crippen MR) is 143 cm³/mol. The molecule has 0 aliphatic heterocycles. The first kappa shape index (κ1) is 26.0. The van der Waals surface area contributed by atoms with Gasteiger partial charge in [0, 0.05) is 61.2 Å². The van der Waals surface area contributed by atoms with E-state index < -0.39 is 11.1 Å². The first-order chi connectivity index (χ1) is 17.9. The van der Waals surface area contributed by atoms with Gasteiger partial charge in [-0.25, -0.2) is 9.19 Å². The van der Waals surface area contributed by atoms with Crippen molar-refractivity contribution in [2.24, 2.45) is 0 Å². The van der Waals surface area contributed by atoms with Crippen molar-refractivity contribution in [1.82, 2.24) is 20.3 Å². The second-order valence-corrected chi connectivity index (χ2v) is 8.92. The number of pyridine rings is 1. The lowest BCUT2D eigenvalue weighted by Crippen LogP contribution is -2.23. The van der Waals surface area contributed by atoms with Gasteiger partial charge in [0.25, 0.3) is 5.91 Å². The summed E-state index contributed by atoms with van der Waals surface area (Å²) >= 11 is -1.39. The van der Waals surface area contributed by atoms with Crippen LogP contribution in [0.5, 0.6) is 11.5 Å². The predicted octanol–water partition coefficient (Wildman–Crippen LogP) is 3.52. The second-order valence-electron chi connectivity index (χ2n) is 7.88. The highest BCUT2D eigenvalue weighted by Crippen LogP contribution is 2.34. The van der Waals surface area contributed by atoms with Gasteiger partial charge >= 0.3 is 0 Å². The number of aromatic nitrogens is 3. The number of hydrogen-bond acceptors (Lipinski definition) is 9. The Bertz CT molecular complexity index is 1430. The summed E-state index contributed by atoms with van der Waals surface area (Å²) in [6.07, 6.45) is 4.72. The number of benzene rings is 2. The summed E-state index contributed by atoms with van der Waals surface area (Å²) < 4.78 is 27.8. The number of ether oxygens (including phenoxy) is 2. The monoisotopic (exact) mass is 521 g/mol. The molecule has 2 heterocycles. The van der Waals surface area contributed by atoms with E-state index in [0.717, 1.165) is 16.9 Å². The standard InChI is InChI=1S/C26H27N5O5S/c1-27-26(32)24-11-17(7-8-28-24)25-16-29-22-6-5-18(14-23(22)30-25)31(9-10-36-37(4)33)19-12-20(34-2)15-21(13-19)35-3/h5-8,11-16H,9-10H2,1-4H3,(H,27,32). The van der Waals surface area contributed by atoms with Gasteiger partial charge < -0.3 is 19.7 Å². The van der Waals surface area contributed by atoms with Crippen LogP contribution in [0.2, 0.25) is 0 Å². The van der Waals surface area contributed by atoms with Gasteiger partial charge in [0.2, 0.25) is 0 Å². The molecule has 1 N–H and O–H groups in total. The van der Waals surface area contributed by atoms with Crippen LogP contribution in [0.1, 0.15) is 10.5 Å². The zero-order valence-corrected chi connectivity index (χ0v) is 21.7. The number of carbonyl (C=O) groups excluding carboxylic acids is 1. The number of fused-ring (bicyclic) bond motifs is 1. The Hall–Kier alpha value is -4.09. The van der Waals surface area contributed by atoms with Gasteiger partial charge in [-0.05, 0) is 30.3 Å². The molecular formula is C26H27N5O5S. The first-order valence-electron chi connectivity index (χ1n) is 11.3. The van der Waals surface area contributed by atoms with Crippen LogP contribution in [-0.2, 0) is 15.3 Å². The Morgan fingerprint density at radius 3 is 2.41 bits per heavy atom. The van der Waals surface area contributed by atoms with Crippen LogP contribution in [0, 0.1) is 0 Å². The molecule has 0 spiro atoms. The van der Waals surface area contributed by atoms with Crippen LogP contribution in [0.25, 0.3) is 22.3 Å². The summed E-state index contributed by atoms with van der Waals surface area (Å²) in [6, 6.07) is 14.7. The van der Waals surface area contributed by atoms with Gasteiger partial charge in [-0.15, -0.1) is 0 Å². The summed E-state index contributed by atoms with van der Waals surface area (Å²) in [6.45, 7) is 0.639. The normalized spacial score (nSPS) is 11.7. The van der Waals surface area contributed by atoms with E-state index in [4.69, 9.17) is 18.6 Å². The fourth-order valence-corrected chi connectivity index (χ4v) is 4.06. The SMILES string of the molecule is CNC(=O)c1cc(-c2cnc3ccc(N(CCOS(C)=O)c4cc(OC)cc(OC)c4)cc3n2)ccn1. The number of nitrogens with one attached hydrogen (secondary N) is 1. The van der Waals surface area contributed by atoms with Crippen LogP contribution < -0.4 is 19.7 Å². The van der Waals surface area contributed by atoms with Crippen molar-refractivity contribution in [3.63, 3.8) is 0 Å². The lowest BCUT2D eigenvalue weighted by atomic mass is 10.1. The molecule has 0 aliphatic carbocycles. The number of anilines is 2. The Labute approximate surface area is 217 Å². The van der Waals surface area contributed by atoms with E-state index in [9.17, 15) is 9.00 Å². The highest BCUT2D eigenvalue weighted by molar-refractivity contribution is 7.79. The summed E-state index contributed by atoms with van der Waals surface area (Å²) in [5.74, 6) is 0.982. The average molecular weight is 522 g/mol. The summed E-state index contributed by atoms with van der Waals surface area (Å²) in [7, 11) is 4.74. The molecule has 10 nitrogen and oxygen atoms in total. The molecule has 4 aromatic rings. The van der Waals surface area contributed by atoms with Gasteiger partial charge in [-0.1, -0.05) is 0 Å². The Balaban J connectivity index is 1.76. The first-order valence-corrected chi connectivity index (χ1v) is 12.8. The van der Waals surface area contributed by atoms with E-state index in [-0.39, 0.29) is 12.5 Å². The third kappa shape index (κ3) is 6.19. The smallest absolute Gasteiger partial charge is 0.269 e. The third-order valence-electron chi connectivity index (χ3n) is 5.56. The maximum absolute atomic E-state index is 12.0. The molecule has 1 unspecified atom stereocenters. The van der Waals surface area contributed by atoms with Crippen LogP contribution in [0.3, 0.4) is 0 Å². The van der Waals surface area contributed by atoms with Crippen molar-refractivity contribution < 1.29 is 22.7 Å². The van der Waals surface area contributed by atoms with Crippen LogP contribution in [0.4, 0.5) is 11.4 Å². The minimum atomic E-state index is -1.39. The molecule has 37 heavy (non-hydrogen) atoms. The second kappa shape index (κ2) is 11.8. The summed E-state index contributed by atoms with van der Waals surface area (Å²) in [4.78, 5) is 27.5. The van der Waals surface area contributed by atoms with Gasteiger partial charge in [-0.3, -0.25) is 18.9 Å². The molecule has 0 bridgehead atoms. The molecule has 4 rings (SSSR count). The topological polar surface area (TPSA) is 116 Å². The molecule has 0 saturated carbocycles. The van der Waals surface area contributed by atoms with Crippen LogP contribution in [-0.4, -0.2) is 65.7 Å². The molecule has 0 radical (unpaired) electrons. The van der Waals surface area contributed by atoms with E-state index in [0.29, 0.717) is 40.5 Å². The molecule has 1 atom stereocenters. The fourth-order valence-electron chi connectivity index (χ4n) is 3.75. The van der Waals surface area contributed by atoms with Crippen LogP contribution >= 0.6 is 0 Å². The maximum atomic E-state index is 12.0. The van der Waals surface area contributed by atoms with Crippen molar-refractivity contribution in [3.8, 4) is 22.8 Å². The molecule has 0 saturated heterocycles. The minimum Gasteiger partial charge on any atom is -0.497 e. The Morgan fingerprint density at radius 2 is 1.73 bits per heavy atom. The van der Waals surface area contributed by atoms with E-state index in [2.05, 4.69) is 15.3 Å². The van der Waals surface area contributed by atoms with Crippen LogP contribution in [0.15, 0.2) is 60.9 Å². The average Bonchev–Trinajstić information content (AvgIpc) is 2.93. The number of hydrogen-bond donors (Lipinski definition) is 1. The number of rotatable bonds is 10. The molecule has 0 fully saturated rings. The van der Waals surface area contributed by atoms with E-state index >= 15 is 0 Å². The van der Waals surface area contributed by atoms with E-state index in [1.54, 1.807) is 51.9 Å². The van der Waals surface area contributed by atoms with Gasteiger partial charge in [0.05, 0.1) is 43.8 Å². The number of amides is 1. The molecule has 2 aromatic carbocycles. The lowest BCUT2D eigenvalue weighted by molar-refractivity contribution is 0.0958. The van der Waals surface area contributed by atoms with Crippen molar-refractivity contribution in [1.29, 1.82) is 0 Å². The number of nitrogens with zero attached hydrogens (tertiary/aromatic N) is 4. The van der Waals surface area contributed by atoms with Crippen molar-refractivity contribution >= 4 is 39.4 Å². The highest BCUT2D eigenvalue weighted by atomic mass is 32.2. The molecule has 0 aliphatic rings. The number of methoxy groups -OCH3 is 2. The third-order valence-corrected chi connectivity index (χ3v) is 6.06. The Kier molecular flexibility index (Phi) is 8.26.